The van der Waals surface area contributed by atoms with Gasteiger partial charge in [0.15, 0.2) is 0 Å². The molecule has 0 aromatic heterocycles. The summed E-state index contributed by atoms with van der Waals surface area (Å²) in [7, 11) is 0. The predicted octanol–water partition coefficient (Wildman–Crippen LogP) is 4.05. The Labute approximate surface area is 142 Å². The van der Waals surface area contributed by atoms with E-state index in [9.17, 15) is 4.79 Å². The normalized spacial score (nSPS) is 15.7. The highest BCUT2D eigenvalue weighted by atomic mass is 32.2. The monoisotopic (exact) mass is 336 g/mol. The number of nitrogens with zero attached hydrogens (tertiary/aromatic N) is 1. The number of aryl methyl sites for hydroxylation is 3. The highest BCUT2D eigenvalue weighted by Crippen LogP contribution is 2.25. The van der Waals surface area contributed by atoms with Gasteiger partial charge in [-0.3, -0.25) is 4.79 Å². The van der Waals surface area contributed by atoms with Crippen molar-refractivity contribution in [1.29, 1.82) is 0 Å². The minimum Gasteiger partial charge on any atom is -0.358 e. The zero-order valence-electron chi connectivity index (χ0n) is 13.7. The summed E-state index contributed by atoms with van der Waals surface area (Å²) in [4.78, 5) is 14.6. The zero-order valence-corrected chi connectivity index (χ0v) is 15.4. The van der Waals surface area contributed by atoms with Gasteiger partial charge in [-0.25, -0.2) is 0 Å². The number of nitrogens with one attached hydrogen (secondary N) is 1. The smallest absolute Gasteiger partial charge is 0.237 e. The van der Waals surface area contributed by atoms with Gasteiger partial charge in [-0.1, -0.05) is 41.7 Å². The Balaban J connectivity index is 1.98. The molecule has 1 aliphatic rings. The predicted molar refractivity (Wildman–Crippen MR) is 99.7 cm³/mol. The van der Waals surface area contributed by atoms with Crippen LogP contribution in [0.4, 0.5) is 5.69 Å². The molecular formula is C17H24N2OS2. The van der Waals surface area contributed by atoms with Crippen LogP contribution in [0.2, 0.25) is 0 Å². The second-order valence-corrected chi connectivity index (χ2v) is 7.96. The lowest BCUT2D eigenvalue weighted by atomic mass is 10.1. The number of carbonyl (C=O) groups excluding carboxylic acids is 1. The first-order valence-corrected chi connectivity index (χ1v) is 9.01. The van der Waals surface area contributed by atoms with Crippen LogP contribution in [-0.4, -0.2) is 33.5 Å². The molecule has 3 nitrogen and oxygen atoms in total. The molecular weight excluding hydrogens is 312 g/mol. The quantitative estimate of drug-likeness (QED) is 0.844. The number of hydrogen-bond donors (Lipinski definition) is 1. The van der Waals surface area contributed by atoms with Crippen molar-refractivity contribution in [3.05, 3.63) is 28.8 Å². The van der Waals surface area contributed by atoms with Gasteiger partial charge in [0.1, 0.15) is 4.32 Å². The van der Waals surface area contributed by atoms with E-state index in [1.807, 2.05) is 20.8 Å². The van der Waals surface area contributed by atoms with E-state index in [1.54, 1.807) is 0 Å². The maximum Gasteiger partial charge on any atom is 0.237 e. The molecule has 2 rings (SSSR count). The van der Waals surface area contributed by atoms with Gasteiger partial charge in [0.2, 0.25) is 5.91 Å². The number of amides is 1. The number of anilines is 1. The van der Waals surface area contributed by atoms with Crippen molar-refractivity contribution in [2.45, 2.75) is 45.8 Å². The Morgan fingerprint density at radius 2 is 1.77 bits per heavy atom. The van der Waals surface area contributed by atoms with Gasteiger partial charge in [-0.2, -0.15) is 0 Å². The van der Waals surface area contributed by atoms with Crippen LogP contribution in [0, 0.1) is 20.8 Å². The first kappa shape index (κ1) is 17.3. The van der Waals surface area contributed by atoms with E-state index in [0.717, 1.165) is 34.2 Å². The number of rotatable bonds is 3. The molecule has 1 fully saturated rings. The number of hydrogen-bond acceptors (Lipinski definition) is 3. The minimum absolute atomic E-state index is 0.0154. The Hall–Kier alpha value is -1.07. The highest BCUT2D eigenvalue weighted by Gasteiger charge is 2.22. The van der Waals surface area contributed by atoms with Gasteiger partial charge >= 0.3 is 0 Å². The fourth-order valence-electron chi connectivity index (χ4n) is 2.78. The lowest BCUT2D eigenvalue weighted by molar-refractivity contribution is -0.115. The van der Waals surface area contributed by atoms with E-state index in [0.29, 0.717) is 0 Å². The number of carbonyl (C=O) groups is 1. The van der Waals surface area contributed by atoms with Crippen molar-refractivity contribution in [3.8, 4) is 0 Å². The van der Waals surface area contributed by atoms with Crippen LogP contribution in [0.5, 0.6) is 0 Å². The van der Waals surface area contributed by atoms with E-state index < -0.39 is 0 Å². The topological polar surface area (TPSA) is 32.3 Å². The summed E-state index contributed by atoms with van der Waals surface area (Å²) >= 11 is 6.94. The summed E-state index contributed by atoms with van der Waals surface area (Å²) in [5, 5.41) is 2.88. The number of thiocarbonyl (C=S) groups is 1. The van der Waals surface area contributed by atoms with Crippen molar-refractivity contribution >= 4 is 39.9 Å². The van der Waals surface area contributed by atoms with Crippen molar-refractivity contribution in [2.24, 2.45) is 0 Å². The van der Waals surface area contributed by atoms with Gasteiger partial charge < -0.3 is 10.2 Å². The fraction of sp³-hybridized carbons (Fsp3) is 0.529. The van der Waals surface area contributed by atoms with E-state index in [2.05, 4.69) is 29.3 Å². The van der Waals surface area contributed by atoms with Crippen LogP contribution in [-0.2, 0) is 4.79 Å². The average Bonchev–Trinajstić information content (AvgIpc) is 2.96. The van der Waals surface area contributed by atoms with Crippen LogP contribution in [0.15, 0.2) is 12.1 Å². The first-order valence-electron chi connectivity index (χ1n) is 7.72. The average molecular weight is 337 g/mol. The number of likely N-dealkylation sites (tertiary alicyclic amines) is 1. The van der Waals surface area contributed by atoms with Gasteiger partial charge in [0, 0.05) is 18.8 Å². The van der Waals surface area contributed by atoms with Crippen molar-refractivity contribution in [1.82, 2.24) is 4.90 Å². The van der Waals surface area contributed by atoms with Crippen LogP contribution >= 0.6 is 24.0 Å². The standard InChI is InChI=1S/C17H24N2OS2/c1-11-9-12(2)15(13(3)10-11)18-16(20)14(4)22-17(21)19-7-5-6-8-19/h9-10,14H,5-8H2,1-4H3,(H,18,20)/t14-/m1/s1. The Kier molecular flexibility index (Phi) is 5.87. The largest absolute Gasteiger partial charge is 0.358 e. The first-order chi connectivity index (χ1) is 10.4. The molecule has 0 bridgehead atoms. The number of thioether (sulfide) groups is 1. The molecule has 1 aromatic carbocycles. The summed E-state index contributed by atoms with van der Waals surface area (Å²) < 4.78 is 0.845. The molecule has 1 amide bonds. The molecule has 0 spiro atoms. The Morgan fingerprint density at radius 1 is 1.23 bits per heavy atom. The maximum atomic E-state index is 12.4. The lowest BCUT2D eigenvalue weighted by Crippen LogP contribution is -2.29. The lowest BCUT2D eigenvalue weighted by Gasteiger charge is -2.21. The molecule has 0 aliphatic carbocycles. The van der Waals surface area contributed by atoms with Crippen LogP contribution in [0.25, 0.3) is 0 Å². The van der Waals surface area contributed by atoms with Crippen molar-refractivity contribution < 1.29 is 4.79 Å². The van der Waals surface area contributed by atoms with E-state index in [-0.39, 0.29) is 11.2 Å². The maximum absolute atomic E-state index is 12.4. The molecule has 1 aliphatic heterocycles. The molecule has 22 heavy (non-hydrogen) atoms. The summed E-state index contributed by atoms with van der Waals surface area (Å²) in [5.74, 6) is 0.0154. The van der Waals surface area contributed by atoms with Crippen molar-refractivity contribution in [3.63, 3.8) is 0 Å². The summed E-state index contributed by atoms with van der Waals surface area (Å²) in [6.07, 6.45) is 2.39. The molecule has 120 valence electrons. The summed E-state index contributed by atoms with van der Waals surface area (Å²) in [6, 6.07) is 4.19. The van der Waals surface area contributed by atoms with Crippen molar-refractivity contribution in [2.75, 3.05) is 18.4 Å². The van der Waals surface area contributed by atoms with Crippen LogP contribution in [0.3, 0.4) is 0 Å². The molecule has 1 heterocycles. The Bertz CT molecular complexity index is 557. The zero-order chi connectivity index (χ0) is 16.3. The summed E-state index contributed by atoms with van der Waals surface area (Å²) in [5.41, 5.74) is 4.34. The molecule has 0 saturated carbocycles. The van der Waals surface area contributed by atoms with E-state index in [4.69, 9.17) is 12.2 Å². The molecule has 1 atom stereocenters. The van der Waals surface area contributed by atoms with Gasteiger partial charge in [0.05, 0.1) is 5.25 Å². The van der Waals surface area contributed by atoms with Gasteiger partial charge in [-0.15, -0.1) is 0 Å². The molecule has 1 N–H and O–H groups in total. The van der Waals surface area contributed by atoms with E-state index >= 15 is 0 Å². The molecule has 1 aromatic rings. The summed E-state index contributed by atoms with van der Waals surface area (Å²) in [6.45, 7) is 10.1. The van der Waals surface area contributed by atoms with Gasteiger partial charge in [0.25, 0.3) is 0 Å². The third-order valence-corrected chi connectivity index (χ3v) is 5.51. The minimum atomic E-state index is -0.187. The third kappa shape index (κ3) is 4.23. The molecule has 5 heteroatoms. The molecule has 1 saturated heterocycles. The van der Waals surface area contributed by atoms with E-state index in [1.165, 1.54) is 30.2 Å². The van der Waals surface area contributed by atoms with Crippen LogP contribution in [0.1, 0.15) is 36.5 Å². The molecule has 0 radical (unpaired) electrons. The van der Waals surface area contributed by atoms with Gasteiger partial charge in [-0.05, 0) is 51.7 Å². The third-order valence-electron chi connectivity index (χ3n) is 3.94. The fourth-order valence-corrected chi connectivity index (χ4v) is 4.20. The highest BCUT2D eigenvalue weighted by molar-refractivity contribution is 8.23. The number of benzene rings is 1. The molecule has 0 unspecified atom stereocenters. The SMILES string of the molecule is Cc1cc(C)c(NC(=O)[C@@H](C)SC(=S)N2CCCC2)c(C)c1. The Morgan fingerprint density at radius 3 is 2.32 bits per heavy atom. The second-order valence-electron chi connectivity index (χ2n) is 5.98. The second kappa shape index (κ2) is 7.47. The van der Waals surface area contributed by atoms with Crippen LogP contribution < -0.4 is 5.32 Å².